The van der Waals surface area contributed by atoms with E-state index in [1.807, 2.05) is 0 Å². The van der Waals surface area contributed by atoms with Gasteiger partial charge in [0.15, 0.2) is 0 Å². The van der Waals surface area contributed by atoms with Crippen molar-refractivity contribution in [1.29, 1.82) is 0 Å². The lowest BCUT2D eigenvalue weighted by molar-refractivity contribution is 0.659. The number of benzene rings is 7. The second-order valence-electron chi connectivity index (χ2n) is 12.9. The predicted octanol–water partition coefficient (Wildman–Crippen LogP) is 11.9. The summed E-state index contributed by atoms with van der Waals surface area (Å²) in [5, 5.41) is 4.74. The normalized spacial score (nSPS) is 13.5. The quantitative estimate of drug-likeness (QED) is 0.190. The highest BCUT2D eigenvalue weighted by Gasteiger charge is 2.35. The minimum Gasteiger partial charge on any atom is -0.455 e. The molecule has 0 bridgehead atoms. The van der Waals surface area contributed by atoms with E-state index in [4.69, 9.17) is 4.42 Å². The molecule has 1 aromatic heterocycles. The summed E-state index contributed by atoms with van der Waals surface area (Å²) in [5.41, 5.74) is 13.3. The molecule has 0 atom stereocenters. The molecular formula is C44H32O. The largest absolute Gasteiger partial charge is 0.455 e. The van der Waals surface area contributed by atoms with Crippen LogP contribution in [0.4, 0.5) is 0 Å². The van der Waals surface area contributed by atoms with Crippen LogP contribution in [0.25, 0.3) is 55.0 Å². The molecule has 8 aromatic rings. The lowest BCUT2D eigenvalue weighted by Crippen LogP contribution is -2.14. The van der Waals surface area contributed by atoms with E-state index in [1.54, 1.807) is 0 Å². The number of fused-ring (bicyclic) bond motifs is 7. The first-order chi connectivity index (χ1) is 22.1. The molecular weight excluding hydrogens is 544 g/mol. The fraction of sp³-hybridized carbons (Fsp3) is 0.0909. The minimum absolute atomic E-state index is 0.0498. The first-order valence-electron chi connectivity index (χ1n) is 15.8. The molecule has 0 unspecified atom stereocenters. The molecule has 0 N–H and O–H groups in total. The summed E-state index contributed by atoms with van der Waals surface area (Å²) < 4.78 is 7.13. The number of hydrogen-bond acceptors (Lipinski definition) is 1. The van der Waals surface area contributed by atoms with Gasteiger partial charge < -0.3 is 4.42 Å². The van der Waals surface area contributed by atoms with Crippen LogP contribution < -0.4 is 0 Å². The van der Waals surface area contributed by atoms with Gasteiger partial charge in [-0.3, -0.25) is 0 Å². The summed E-state index contributed by atoms with van der Waals surface area (Å²) in [6.07, 6.45) is 0. The van der Waals surface area contributed by atoms with E-state index in [9.17, 15) is 0 Å². The van der Waals surface area contributed by atoms with Crippen molar-refractivity contribution in [3.05, 3.63) is 179 Å². The van der Waals surface area contributed by atoms with Crippen LogP contribution in [0.3, 0.4) is 0 Å². The molecule has 0 amide bonds. The van der Waals surface area contributed by atoms with E-state index >= 15 is 0 Å². The van der Waals surface area contributed by atoms with Gasteiger partial charge in [0.25, 0.3) is 0 Å². The molecule has 0 radical (unpaired) electrons. The van der Waals surface area contributed by atoms with Crippen molar-refractivity contribution in [2.75, 3.05) is 0 Å². The Morgan fingerprint density at radius 2 is 1.13 bits per heavy atom. The van der Waals surface area contributed by atoms with Gasteiger partial charge in [-0.05, 0) is 61.8 Å². The van der Waals surface area contributed by atoms with Crippen LogP contribution in [0.1, 0.15) is 47.6 Å². The molecule has 0 saturated carbocycles. The lowest BCUT2D eigenvalue weighted by Gasteiger charge is -2.22. The zero-order chi connectivity index (χ0) is 30.1. The molecule has 1 nitrogen and oxygen atoms in total. The van der Waals surface area contributed by atoms with Crippen molar-refractivity contribution < 1.29 is 4.42 Å². The summed E-state index contributed by atoms with van der Waals surface area (Å²) in [6.45, 7) is 4.70. The molecule has 1 heteroatoms. The molecule has 1 aliphatic carbocycles. The van der Waals surface area contributed by atoms with E-state index in [0.29, 0.717) is 0 Å². The highest BCUT2D eigenvalue weighted by Crippen LogP contribution is 2.51. The SMILES string of the molecule is CC1(C)c2ccccc2-c2ccc(-c3c4ccccc4cc4c3oc3c(C(c5ccccc5)c5ccccc5)cccc34)cc21. The average Bonchev–Trinajstić information content (AvgIpc) is 3.57. The van der Waals surface area contributed by atoms with Gasteiger partial charge in [-0.15, -0.1) is 0 Å². The Hall–Kier alpha value is -5.40. The molecule has 45 heavy (non-hydrogen) atoms. The Labute approximate surface area is 263 Å². The van der Waals surface area contributed by atoms with Crippen molar-refractivity contribution in [1.82, 2.24) is 0 Å². The molecule has 1 aliphatic rings. The second-order valence-corrected chi connectivity index (χ2v) is 12.9. The zero-order valence-electron chi connectivity index (χ0n) is 25.4. The van der Waals surface area contributed by atoms with Crippen LogP contribution in [0, 0.1) is 0 Å². The van der Waals surface area contributed by atoms with Gasteiger partial charge in [-0.25, -0.2) is 0 Å². The Bertz CT molecular complexity index is 2350. The molecule has 0 aliphatic heterocycles. The van der Waals surface area contributed by atoms with Crippen molar-refractivity contribution >= 4 is 32.7 Å². The van der Waals surface area contributed by atoms with Gasteiger partial charge in [-0.1, -0.05) is 153 Å². The third kappa shape index (κ3) is 3.87. The average molecular weight is 577 g/mol. The Morgan fingerprint density at radius 3 is 1.91 bits per heavy atom. The maximum Gasteiger partial charge on any atom is 0.143 e. The van der Waals surface area contributed by atoms with Gasteiger partial charge in [0.1, 0.15) is 11.2 Å². The second kappa shape index (κ2) is 9.81. The molecule has 1 heterocycles. The Kier molecular flexibility index (Phi) is 5.67. The van der Waals surface area contributed by atoms with Gasteiger partial charge in [0, 0.05) is 33.2 Å². The fourth-order valence-electron chi connectivity index (χ4n) is 7.83. The van der Waals surface area contributed by atoms with E-state index in [-0.39, 0.29) is 11.3 Å². The Morgan fingerprint density at radius 1 is 0.489 bits per heavy atom. The van der Waals surface area contributed by atoms with Crippen molar-refractivity contribution in [2.45, 2.75) is 25.2 Å². The van der Waals surface area contributed by atoms with Gasteiger partial charge in [-0.2, -0.15) is 0 Å². The van der Waals surface area contributed by atoms with Crippen LogP contribution in [0.2, 0.25) is 0 Å². The van der Waals surface area contributed by atoms with Crippen LogP contribution in [0.15, 0.2) is 156 Å². The van der Waals surface area contributed by atoms with Gasteiger partial charge >= 0.3 is 0 Å². The number of para-hydroxylation sites is 1. The molecule has 0 spiro atoms. The van der Waals surface area contributed by atoms with Crippen LogP contribution in [-0.2, 0) is 5.41 Å². The third-order valence-electron chi connectivity index (χ3n) is 9.99. The van der Waals surface area contributed by atoms with E-state index in [2.05, 4.69) is 166 Å². The topological polar surface area (TPSA) is 13.1 Å². The predicted molar refractivity (Wildman–Crippen MR) is 188 cm³/mol. The van der Waals surface area contributed by atoms with E-state index in [1.165, 1.54) is 55.3 Å². The van der Waals surface area contributed by atoms with Crippen LogP contribution >= 0.6 is 0 Å². The maximum absolute atomic E-state index is 7.13. The fourth-order valence-corrected chi connectivity index (χ4v) is 7.83. The number of hydrogen-bond donors (Lipinski definition) is 0. The highest BCUT2D eigenvalue weighted by molar-refractivity contribution is 6.19. The molecule has 9 rings (SSSR count). The molecule has 0 fully saturated rings. The zero-order valence-corrected chi connectivity index (χ0v) is 25.4. The monoisotopic (exact) mass is 576 g/mol. The van der Waals surface area contributed by atoms with Gasteiger partial charge in [0.2, 0.25) is 0 Å². The van der Waals surface area contributed by atoms with Gasteiger partial charge in [0.05, 0.1) is 0 Å². The smallest absolute Gasteiger partial charge is 0.143 e. The summed E-state index contributed by atoms with van der Waals surface area (Å²) >= 11 is 0. The van der Waals surface area contributed by atoms with E-state index in [0.717, 1.165) is 27.5 Å². The van der Waals surface area contributed by atoms with E-state index < -0.39 is 0 Å². The molecule has 7 aromatic carbocycles. The number of furan rings is 1. The first kappa shape index (κ1) is 26.0. The van der Waals surface area contributed by atoms with Crippen molar-refractivity contribution in [3.8, 4) is 22.3 Å². The van der Waals surface area contributed by atoms with Crippen LogP contribution in [0.5, 0.6) is 0 Å². The van der Waals surface area contributed by atoms with Crippen LogP contribution in [-0.4, -0.2) is 0 Å². The summed E-state index contributed by atoms with van der Waals surface area (Å²) in [5.74, 6) is 0.0498. The third-order valence-corrected chi connectivity index (χ3v) is 9.99. The standard InChI is InChI=1S/C44H32O/c1-44(2)38-23-12-11-20-33(38)34-25-24-31(27-39(34)44)41-32-19-10-9-18-30(32)26-37-35-21-13-22-36(42(35)45-43(37)41)40(28-14-5-3-6-15-28)29-16-7-4-8-17-29/h3-27,40H,1-2H3. The summed E-state index contributed by atoms with van der Waals surface area (Å²) in [4.78, 5) is 0. The lowest BCUT2D eigenvalue weighted by atomic mass is 9.81. The van der Waals surface area contributed by atoms with Crippen molar-refractivity contribution in [2.24, 2.45) is 0 Å². The first-order valence-corrected chi connectivity index (χ1v) is 15.8. The number of rotatable bonds is 4. The molecule has 0 saturated heterocycles. The Balaban J connectivity index is 1.34. The summed E-state index contributed by atoms with van der Waals surface area (Å²) in [6, 6.07) is 55.2. The van der Waals surface area contributed by atoms with Crippen molar-refractivity contribution in [3.63, 3.8) is 0 Å². The minimum atomic E-state index is -0.0781. The maximum atomic E-state index is 7.13. The highest BCUT2D eigenvalue weighted by atomic mass is 16.3. The summed E-state index contributed by atoms with van der Waals surface area (Å²) in [7, 11) is 0. The molecule has 214 valence electrons.